The molecule has 2 N–H and O–H groups in total. The highest BCUT2D eigenvalue weighted by Crippen LogP contribution is 2.19. The Morgan fingerprint density at radius 3 is 2.94 bits per heavy atom. The van der Waals surface area contributed by atoms with Gasteiger partial charge in [0.1, 0.15) is 4.88 Å². The van der Waals surface area contributed by atoms with Gasteiger partial charge in [0, 0.05) is 0 Å². The van der Waals surface area contributed by atoms with Crippen molar-refractivity contribution in [2.24, 2.45) is 0 Å². The van der Waals surface area contributed by atoms with Crippen LogP contribution in [0.1, 0.15) is 47.5 Å². The molecule has 0 radical (unpaired) electrons. The van der Waals surface area contributed by atoms with E-state index in [4.69, 9.17) is 0 Å². The molecule has 2 rings (SSSR count). The first kappa shape index (κ1) is 12.5. The number of thiazole rings is 1. The number of hydrogen-bond donors (Lipinski definition) is 2. The molecule has 5 heteroatoms. The summed E-state index contributed by atoms with van der Waals surface area (Å²) in [5.74, 6) is -0.101. The van der Waals surface area contributed by atoms with Crippen molar-refractivity contribution >= 4 is 17.2 Å². The predicted octanol–water partition coefficient (Wildman–Crippen LogP) is 1.87. The Morgan fingerprint density at radius 2 is 2.24 bits per heavy atom. The summed E-state index contributed by atoms with van der Waals surface area (Å²) in [5.41, 5.74) is 2.43. The number of aryl methyl sites for hydroxylation is 1. The minimum absolute atomic E-state index is 0.101. The summed E-state index contributed by atoms with van der Waals surface area (Å²) in [6.07, 6.45) is 4.51. The minimum atomic E-state index is -0.408. The number of carbonyl (C=O) groups is 1. The normalized spacial score (nSPS) is 25.3. The molecule has 0 aliphatic heterocycles. The van der Waals surface area contributed by atoms with Crippen molar-refractivity contribution in [2.75, 3.05) is 0 Å². The van der Waals surface area contributed by atoms with Crippen molar-refractivity contribution in [2.45, 2.75) is 51.2 Å². The number of aliphatic hydroxyl groups is 1. The minimum Gasteiger partial charge on any atom is -0.391 e. The van der Waals surface area contributed by atoms with E-state index in [0.29, 0.717) is 4.88 Å². The maximum absolute atomic E-state index is 12.0. The number of nitrogens with one attached hydrogen (secondary N) is 1. The number of aromatic nitrogens is 1. The summed E-state index contributed by atoms with van der Waals surface area (Å²) in [6.45, 7) is 1.83. The zero-order chi connectivity index (χ0) is 12.3. The first-order valence-electron chi connectivity index (χ1n) is 6.07. The van der Waals surface area contributed by atoms with Crippen LogP contribution in [0, 0.1) is 6.92 Å². The third kappa shape index (κ3) is 3.04. The summed E-state index contributed by atoms with van der Waals surface area (Å²) in [5, 5.41) is 12.9. The number of hydrogen-bond acceptors (Lipinski definition) is 4. The van der Waals surface area contributed by atoms with E-state index in [1.165, 1.54) is 11.3 Å². The zero-order valence-corrected chi connectivity index (χ0v) is 10.8. The maximum atomic E-state index is 12.0. The lowest BCUT2D eigenvalue weighted by molar-refractivity contribution is 0.0821. The van der Waals surface area contributed by atoms with E-state index < -0.39 is 6.10 Å². The van der Waals surface area contributed by atoms with Crippen LogP contribution >= 0.6 is 11.3 Å². The van der Waals surface area contributed by atoms with Crippen LogP contribution in [0.4, 0.5) is 0 Å². The van der Waals surface area contributed by atoms with Crippen molar-refractivity contribution in [3.05, 3.63) is 16.1 Å². The van der Waals surface area contributed by atoms with Crippen LogP contribution in [0.15, 0.2) is 5.51 Å². The summed E-state index contributed by atoms with van der Waals surface area (Å²) in [4.78, 5) is 16.7. The lowest BCUT2D eigenvalue weighted by Gasteiger charge is -2.21. The van der Waals surface area contributed by atoms with Gasteiger partial charge >= 0.3 is 0 Å². The molecule has 4 nitrogen and oxygen atoms in total. The van der Waals surface area contributed by atoms with Crippen molar-refractivity contribution in [1.29, 1.82) is 0 Å². The van der Waals surface area contributed by atoms with Crippen LogP contribution in [-0.2, 0) is 0 Å². The van der Waals surface area contributed by atoms with Crippen LogP contribution in [0.2, 0.25) is 0 Å². The predicted molar refractivity (Wildman–Crippen MR) is 67.2 cm³/mol. The van der Waals surface area contributed by atoms with Crippen LogP contribution in [0.3, 0.4) is 0 Å². The lowest BCUT2D eigenvalue weighted by atomic mass is 10.1. The fourth-order valence-corrected chi connectivity index (χ4v) is 2.92. The number of carbonyl (C=O) groups excluding carboxylic acids is 1. The average Bonchev–Trinajstić information content (AvgIpc) is 2.63. The van der Waals surface area contributed by atoms with Gasteiger partial charge in [-0.15, -0.1) is 11.3 Å². The van der Waals surface area contributed by atoms with Gasteiger partial charge in [0.05, 0.1) is 23.4 Å². The van der Waals surface area contributed by atoms with Crippen molar-refractivity contribution in [3.63, 3.8) is 0 Å². The summed E-state index contributed by atoms with van der Waals surface area (Å²) < 4.78 is 0. The first-order valence-corrected chi connectivity index (χ1v) is 6.95. The first-order chi connectivity index (χ1) is 8.18. The molecule has 1 aromatic heterocycles. The lowest BCUT2D eigenvalue weighted by Crippen LogP contribution is -2.42. The van der Waals surface area contributed by atoms with Gasteiger partial charge in [-0.3, -0.25) is 4.79 Å². The molecule has 2 unspecified atom stereocenters. The fraction of sp³-hybridized carbons (Fsp3) is 0.667. The highest BCUT2D eigenvalue weighted by molar-refractivity contribution is 7.11. The van der Waals surface area contributed by atoms with Gasteiger partial charge in [-0.05, 0) is 19.8 Å². The van der Waals surface area contributed by atoms with Crippen molar-refractivity contribution < 1.29 is 9.90 Å². The molecule has 1 aromatic rings. The molecule has 1 saturated carbocycles. The number of amides is 1. The van der Waals surface area contributed by atoms with E-state index >= 15 is 0 Å². The van der Waals surface area contributed by atoms with E-state index in [1.54, 1.807) is 5.51 Å². The molecule has 1 aliphatic rings. The maximum Gasteiger partial charge on any atom is 0.263 e. The van der Waals surface area contributed by atoms with Gasteiger partial charge < -0.3 is 10.4 Å². The van der Waals surface area contributed by atoms with Gasteiger partial charge in [-0.2, -0.15) is 0 Å². The molecular formula is C12H18N2O2S. The van der Waals surface area contributed by atoms with Gasteiger partial charge in [0.25, 0.3) is 5.91 Å². The van der Waals surface area contributed by atoms with Gasteiger partial charge in [-0.25, -0.2) is 4.98 Å². The van der Waals surface area contributed by atoms with Crippen LogP contribution in [-0.4, -0.2) is 28.1 Å². The molecule has 2 atom stereocenters. The van der Waals surface area contributed by atoms with Crippen LogP contribution in [0.25, 0.3) is 0 Å². The topological polar surface area (TPSA) is 62.2 Å². The third-order valence-corrected chi connectivity index (χ3v) is 4.18. The smallest absolute Gasteiger partial charge is 0.263 e. The molecule has 0 bridgehead atoms. The van der Waals surface area contributed by atoms with Gasteiger partial charge in [-0.1, -0.05) is 19.3 Å². The molecule has 17 heavy (non-hydrogen) atoms. The molecular weight excluding hydrogens is 236 g/mol. The zero-order valence-electron chi connectivity index (χ0n) is 9.98. The van der Waals surface area contributed by atoms with Gasteiger partial charge in [0.2, 0.25) is 0 Å². The Balaban J connectivity index is 2.00. The SMILES string of the molecule is Cc1ncsc1C(=O)NC1CCCCCC1O. The number of nitrogens with zero attached hydrogens (tertiary/aromatic N) is 1. The molecule has 1 fully saturated rings. The van der Waals surface area contributed by atoms with E-state index in [0.717, 1.165) is 37.8 Å². The molecule has 0 aromatic carbocycles. The monoisotopic (exact) mass is 254 g/mol. The second-order valence-electron chi connectivity index (χ2n) is 4.55. The second kappa shape index (κ2) is 5.60. The van der Waals surface area contributed by atoms with Crippen LogP contribution < -0.4 is 5.32 Å². The second-order valence-corrected chi connectivity index (χ2v) is 5.41. The largest absolute Gasteiger partial charge is 0.391 e. The Bertz CT molecular complexity index is 392. The summed E-state index contributed by atoms with van der Waals surface area (Å²) >= 11 is 1.35. The van der Waals surface area contributed by atoms with E-state index in [1.807, 2.05) is 6.92 Å². The van der Waals surface area contributed by atoms with E-state index in [2.05, 4.69) is 10.3 Å². The Hall–Kier alpha value is -0.940. The standard InChI is InChI=1S/C12H18N2O2S/c1-8-11(17-7-13-8)12(16)14-9-5-3-2-4-6-10(9)15/h7,9-10,15H,2-6H2,1H3,(H,14,16). The Morgan fingerprint density at radius 1 is 1.47 bits per heavy atom. The molecule has 0 spiro atoms. The van der Waals surface area contributed by atoms with Crippen molar-refractivity contribution in [3.8, 4) is 0 Å². The van der Waals surface area contributed by atoms with Gasteiger partial charge in [0.15, 0.2) is 0 Å². The highest BCUT2D eigenvalue weighted by Gasteiger charge is 2.24. The molecule has 1 heterocycles. The van der Waals surface area contributed by atoms with E-state index in [-0.39, 0.29) is 11.9 Å². The quantitative estimate of drug-likeness (QED) is 0.792. The highest BCUT2D eigenvalue weighted by atomic mass is 32.1. The van der Waals surface area contributed by atoms with E-state index in [9.17, 15) is 9.90 Å². The number of rotatable bonds is 2. The Kier molecular flexibility index (Phi) is 4.12. The molecule has 0 saturated heterocycles. The third-order valence-electron chi connectivity index (χ3n) is 3.25. The summed E-state index contributed by atoms with van der Waals surface area (Å²) in [7, 11) is 0. The Labute approximate surface area is 105 Å². The summed E-state index contributed by atoms with van der Waals surface area (Å²) in [6, 6.07) is -0.105. The van der Waals surface area contributed by atoms with Crippen molar-refractivity contribution in [1.82, 2.24) is 10.3 Å². The molecule has 1 aliphatic carbocycles. The number of aliphatic hydroxyl groups excluding tert-OH is 1. The average molecular weight is 254 g/mol. The molecule has 1 amide bonds. The molecule has 94 valence electrons. The fourth-order valence-electron chi connectivity index (χ4n) is 2.21. The van der Waals surface area contributed by atoms with Crippen LogP contribution in [0.5, 0.6) is 0 Å².